The second kappa shape index (κ2) is 8.83. The van der Waals surface area contributed by atoms with Gasteiger partial charge in [0.1, 0.15) is 6.04 Å². The number of fused-ring (bicyclic) bond motifs is 1. The molecule has 0 unspecified atom stereocenters. The highest BCUT2D eigenvalue weighted by molar-refractivity contribution is 6.01. The second-order valence-corrected chi connectivity index (χ2v) is 8.43. The van der Waals surface area contributed by atoms with Crippen LogP contribution < -0.4 is 0 Å². The molecule has 2 heterocycles. The summed E-state index contributed by atoms with van der Waals surface area (Å²) < 4.78 is 0. The molecular formula is C28H26N2O2. The van der Waals surface area contributed by atoms with Crippen molar-refractivity contribution in [1.29, 1.82) is 0 Å². The van der Waals surface area contributed by atoms with Gasteiger partial charge in [0.15, 0.2) is 0 Å². The lowest BCUT2D eigenvalue weighted by molar-refractivity contribution is -0.135. The Morgan fingerprint density at radius 2 is 1.56 bits per heavy atom. The van der Waals surface area contributed by atoms with E-state index in [1.165, 1.54) is 11.1 Å². The lowest BCUT2D eigenvalue weighted by Gasteiger charge is -2.34. The Bertz CT molecular complexity index is 1150. The van der Waals surface area contributed by atoms with Gasteiger partial charge in [-0.25, -0.2) is 0 Å². The van der Waals surface area contributed by atoms with Gasteiger partial charge in [-0.3, -0.25) is 9.59 Å². The van der Waals surface area contributed by atoms with Crippen LogP contribution >= 0.6 is 0 Å². The molecule has 2 aliphatic rings. The molecule has 32 heavy (non-hydrogen) atoms. The van der Waals surface area contributed by atoms with Crippen molar-refractivity contribution in [1.82, 2.24) is 9.80 Å². The van der Waals surface area contributed by atoms with Crippen molar-refractivity contribution in [3.05, 3.63) is 113 Å². The Morgan fingerprint density at radius 3 is 2.25 bits per heavy atom. The molecule has 1 atom stereocenters. The zero-order chi connectivity index (χ0) is 21.9. The molecule has 0 N–H and O–H groups in total. The average Bonchev–Trinajstić information content (AvgIpc) is 3.20. The number of rotatable bonds is 5. The van der Waals surface area contributed by atoms with E-state index in [1.807, 2.05) is 77.7 Å². The van der Waals surface area contributed by atoms with Gasteiger partial charge in [-0.1, -0.05) is 84.9 Å². The van der Waals surface area contributed by atoms with Crippen LogP contribution in [0.25, 0.3) is 5.57 Å². The van der Waals surface area contributed by atoms with Crippen LogP contribution in [0.2, 0.25) is 0 Å². The van der Waals surface area contributed by atoms with Crippen molar-refractivity contribution < 1.29 is 9.59 Å². The van der Waals surface area contributed by atoms with Gasteiger partial charge < -0.3 is 9.80 Å². The number of nitrogens with zero attached hydrogens (tertiary/aromatic N) is 2. The lowest BCUT2D eigenvalue weighted by Crippen LogP contribution is -2.51. The van der Waals surface area contributed by atoms with Gasteiger partial charge >= 0.3 is 0 Å². The summed E-state index contributed by atoms with van der Waals surface area (Å²) in [6.07, 6.45) is 3.49. The summed E-state index contributed by atoms with van der Waals surface area (Å²) >= 11 is 0. The summed E-state index contributed by atoms with van der Waals surface area (Å²) in [5, 5.41) is 0. The molecule has 3 aromatic rings. The summed E-state index contributed by atoms with van der Waals surface area (Å²) in [6.45, 7) is 1.72. The van der Waals surface area contributed by atoms with Crippen molar-refractivity contribution in [2.75, 3.05) is 13.1 Å². The predicted octanol–water partition coefficient (Wildman–Crippen LogP) is 4.57. The average molecular weight is 423 g/mol. The largest absolute Gasteiger partial charge is 0.337 e. The number of amides is 2. The van der Waals surface area contributed by atoms with Crippen molar-refractivity contribution >= 4 is 17.4 Å². The third-order valence-corrected chi connectivity index (χ3v) is 6.45. The molecule has 2 aliphatic heterocycles. The van der Waals surface area contributed by atoms with Crippen LogP contribution in [0, 0.1) is 0 Å². The second-order valence-electron chi connectivity index (χ2n) is 8.43. The first-order valence-corrected chi connectivity index (χ1v) is 11.2. The zero-order valence-corrected chi connectivity index (χ0v) is 18.0. The van der Waals surface area contributed by atoms with Gasteiger partial charge in [0.2, 0.25) is 5.91 Å². The summed E-state index contributed by atoms with van der Waals surface area (Å²) in [5.74, 6) is -0.0224. The Labute approximate surface area is 188 Å². The van der Waals surface area contributed by atoms with Crippen LogP contribution in [0.3, 0.4) is 0 Å². The van der Waals surface area contributed by atoms with E-state index in [9.17, 15) is 9.59 Å². The maximum absolute atomic E-state index is 13.7. The molecule has 5 rings (SSSR count). The quantitative estimate of drug-likeness (QED) is 0.604. The molecule has 0 bridgehead atoms. The molecule has 3 aromatic carbocycles. The van der Waals surface area contributed by atoms with E-state index in [-0.39, 0.29) is 11.8 Å². The number of hydrogen-bond acceptors (Lipinski definition) is 2. The van der Waals surface area contributed by atoms with Gasteiger partial charge in [0.25, 0.3) is 5.91 Å². The van der Waals surface area contributed by atoms with Crippen molar-refractivity contribution in [2.24, 2.45) is 0 Å². The summed E-state index contributed by atoms with van der Waals surface area (Å²) in [5.41, 5.74) is 5.26. The van der Waals surface area contributed by atoms with E-state index in [0.29, 0.717) is 31.6 Å². The smallest absolute Gasteiger partial charge is 0.255 e. The molecule has 0 aliphatic carbocycles. The van der Waals surface area contributed by atoms with Crippen LogP contribution in [-0.4, -0.2) is 40.7 Å². The monoisotopic (exact) mass is 422 g/mol. The highest BCUT2D eigenvalue weighted by atomic mass is 16.2. The minimum atomic E-state index is -0.510. The molecule has 4 nitrogen and oxygen atoms in total. The fraction of sp³-hybridized carbons (Fsp3) is 0.214. The van der Waals surface area contributed by atoms with Crippen LogP contribution in [-0.2, 0) is 17.8 Å². The van der Waals surface area contributed by atoms with Gasteiger partial charge in [-0.05, 0) is 34.8 Å². The first kappa shape index (κ1) is 20.3. The van der Waals surface area contributed by atoms with Crippen molar-refractivity contribution in [2.45, 2.75) is 25.4 Å². The normalized spacial score (nSPS) is 16.5. The third-order valence-electron chi connectivity index (χ3n) is 6.45. The predicted molar refractivity (Wildman–Crippen MR) is 126 cm³/mol. The molecule has 0 fully saturated rings. The van der Waals surface area contributed by atoms with E-state index in [2.05, 4.69) is 18.2 Å². The Kier molecular flexibility index (Phi) is 5.59. The molecule has 4 heteroatoms. The van der Waals surface area contributed by atoms with Crippen LogP contribution in [0.5, 0.6) is 0 Å². The molecule has 0 aromatic heterocycles. The van der Waals surface area contributed by atoms with E-state index >= 15 is 0 Å². The van der Waals surface area contributed by atoms with E-state index in [1.54, 1.807) is 4.90 Å². The Hall–Kier alpha value is -3.66. The van der Waals surface area contributed by atoms with E-state index in [0.717, 1.165) is 17.5 Å². The minimum Gasteiger partial charge on any atom is -0.337 e. The first-order valence-electron chi connectivity index (χ1n) is 11.2. The maximum atomic E-state index is 13.7. The summed E-state index contributed by atoms with van der Waals surface area (Å²) in [4.78, 5) is 30.6. The third kappa shape index (κ3) is 3.96. The Morgan fingerprint density at radius 1 is 0.875 bits per heavy atom. The fourth-order valence-corrected chi connectivity index (χ4v) is 4.69. The molecule has 0 radical (unpaired) electrons. The number of carbonyl (C=O) groups is 2. The van der Waals surface area contributed by atoms with Gasteiger partial charge in [-0.15, -0.1) is 0 Å². The van der Waals surface area contributed by atoms with E-state index in [4.69, 9.17) is 0 Å². The van der Waals surface area contributed by atoms with Crippen LogP contribution in [0.4, 0.5) is 0 Å². The Balaban J connectivity index is 1.39. The molecule has 0 saturated heterocycles. The SMILES string of the molecule is O=C([C@H](Cc1ccccc1)N1Cc2ccccc2C1=O)N1CC=C(c2ccccc2)CC1. The number of benzene rings is 3. The zero-order valence-electron chi connectivity index (χ0n) is 18.0. The fourth-order valence-electron chi connectivity index (χ4n) is 4.69. The van der Waals surface area contributed by atoms with Crippen LogP contribution in [0.1, 0.15) is 33.5 Å². The molecule has 0 saturated carbocycles. The van der Waals surface area contributed by atoms with Crippen molar-refractivity contribution in [3.63, 3.8) is 0 Å². The lowest BCUT2D eigenvalue weighted by atomic mass is 9.98. The minimum absolute atomic E-state index is 0.0263. The highest BCUT2D eigenvalue weighted by Crippen LogP contribution is 2.28. The first-order chi connectivity index (χ1) is 15.7. The van der Waals surface area contributed by atoms with E-state index < -0.39 is 6.04 Å². The molecular weight excluding hydrogens is 396 g/mol. The van der Waals surface area contributed by atoms with Gasteiger partial charge in [0.05, 0.1) is 0 Å². The van der Waals surface area contributed by atoms with Gasteiger partial charge in [0, 0.05) is 31.6 Å². The summed E-state index contributed by atoms with van der Waals surface area (Å²) in [6, 6.07) is 27.5. The number of hydrogen-bond donors (Lipinski definition) is 0. The summed E-state index contributed by atoms with van der Waals surface area (Å²) in [7, 11) is 0. The molecule has 0 spiro atoms. The van der Waals surface area contributed by atoms with Crippen LogP contribution in [0.15, 0.2) is 91.0 Å². The maximum Gasteiger partial charge on any atom is 0.255 e. The molecule has 160 valence electrons. The van der Waals surface area contributed by atoms with Gasteiger partial charge in [-0.2, -0.15) is 0 Å². The number of carbonyl (C=O) groups excluding carboxylic acids is 2. The topological polar surface area (TPSA) is 40.6 Å². The standard InChI is InChI=1S/C28H26N2O2/c31-27-25-14-8-7-13-24(25)20-30(27)26(19-21-9-3-1-4-10-21)28(32)29-17-15-23(16-18-29)22-11-5-2-6-12-22/h1-15,26H,16-20H2/t26-/m0/s1. The van der Waals surface area contributed by atoms with Crippen molar-refractivity contribution in [3.8, 4) is 0 Å². The molecule has 2 amide bonds. The highest BCUT2D eigenvalue weighted by Gasteiger charge is 2.38.